The summed E-state index contributed by atoms with van der Waals surface area (Å²) in [7, 11) is 0. The molecule has 0 spiro atoms. The van der Waals surface area contributed by atoms with Crippen LogP contribution >= 0.6 is 11.8 Å². The molecule has 0 bridgehead atoms. The molecule has 1 unspecified atom stereocenters. The second-order valence-electron chi connectivity index (χ2n) is 5.31. The number of hydrogen-bond acceptors (Lipinski definition) is 4. The van der Waals surface area contributed by atoms with Crippen LogP contribution in [-0.2, 0) is 4.79 Å². The maximum atomic E-state index is 12.1. The summed E-state index contributed by atoms with van der Waals surface area (Å²) in [5.41, 5.74) is 7.28. The molecule has 1 aliphatic carbocycles. The minimum Gasteiger partial charge on any atom is -0.350 e. The average molecular weight is 307 g/mol. The minimum absolute atomic E-state index is 0.0487. The molecule has 1 saturated carbocycles. The summed E-state index contributed by atoms with van der Waals surface area (Å²) in [6, 6.07) is 5.30. The predicted molar refractivity (Wildman–Crippen MR) is 85.6 cm³/mol. The summed E-state index contributed by atoms with van der Waals surface area (Å²) in [6.45, 7) is 1.97. The first kappa shape index (κ1) is 15.9. The molecule has 5 nitrogen and oxygen atoms in total. The highest BCUT2D eigenvalue weighted by molar-refractivity contribution is 7.98. The van der Waals surface area contributed by atoms with Crippen LogP contribution in [0, 0.1) is 5.92 Å². The van der Waals surface area contributed by atoms with Crippen molar-refractivity contribution < 1.29 is 9.59 Å². The quantitative estimate of drug-likeness (QED) is 0.700. The fourth-order valence-electron chi connectivity index (χ4n) is 2.13. The maximum Gasteiger partial charge on any atom is 0.251 e. The Hall–Kier alpha value is -1.53. The minimum atomic E-state index is -0.129. The van der Waals surface area contributed by atoms with Gasteiger partial charge >= 0.3 is 0 Å². The van der Waals surface area contributed by atoms with Crippen molar-refractivity contribution in [3.05, 3.63) is 23.8 Å². The number of thioether (sulfide) groups is 1. The summed E-state index contributed by atoms with van der Waals surface area (Å²) in [4.78, 5) is 24.1. The van der Waals surface area contributed by atoms with E-state index in [1.807, 2.05) is 6.26 Å². The molecule has 1 aliphatic rings. The van der Waals surface area contributed by atoms with Gasteiger partial charge in [0.2, 0.25) is 5.91 Å². The van der Waals surface area contributed by atoms with Gasteiger partial charge in [0.25, 0.3) is 5.91 Å². The van der Waals surface area contributed by atoms with Gasteiger partial charge < -0.3 is 16.4 Å². The summed E-state index contributed by atoms with van der Waals surface area (Å²) in [5.74, 6) is 0.308. The number of nitrogens with two attached hydrogens (primary N) is 1. The van der Waals surface area contributed by atoms with Gasteiger partial charge in [-0.3, -0.25) is 9.59 Å². The molecule has 4 N–H and O–H groups in total. The van der Waals surface area contributed by atoms with Crippen LogP contribution in [0.15, 0.2) is 23.1 Å². The topological polar surface area (TPSA) is 84.2 Å². The van der Waals surface area contributed by atoms with E-state index in [9.17, 15) is 9.59 Å². The standard InChI is InChI=1S/C15H21N3O2S/c1-9(19)18-13-6-5-11(7-14(13)21-2)15(20)17-8-12(16)10-3-4-10/h5-7,10,12H,3-4,8,16H2,1-2H3,(H,17,20)(H,18,19). The lowest BCUT2D eigenvalue weighted by Crippen LogP contribution is -2.38. The van der Waals surface area contributed by atoms with Gasteiger partial charge in [0.1, 0.15) is 0 Å². The summed E-state index contributed by atoms with van der Waals surface area (Å²) in [5, 5.41) is 5.62. The molecular weight excluding hydrogens is 286 g/mol. The first-order chi connectivity index (χ1) is 10.0. The van der Waals surface area contributed by atoms with Crippen molar-refractivity contribution in [1.82, 2.24) is 5.32 Å². The lowest BCUT2D eigenvalue weighted by molar-refractivity contribution is -0.114. The smallest absolute Gasteiger partial charge is 0.251 e. The van der Waals surface area contributed by atoms with Gasteiger partial charge in [0.05, 0.1) is 5.69 Å². The van der Waals surface area contributed by atoms with Crippen LogP contribution < -0.4 is 16.4 Å². The largest absolute Gasteiger partial charge is 0.350 e. The second-order valence-corrected chi connectivity index (χ2v) is 6.16. The first-order valence-corrected chi connectivity index (χ1v) is 8.23. The number of carbonyl (C=O) groups is 2. The van der Waals surface area contributed by atoms with Crippen LogP contribution in [0.3, 0.4) is 0 Å². The highest BCUT2D eigenvalue weighted by Gasteiger charge is 2.28. The zero-order chi connectivity index (χ0) is 15.4. The van der Waals surface area contributed by atoms with E-state index in [4.69, 9.17) is 5.73 Å². The number of benzene rings is 1. The highest BCUT2D eigenvalue weighted by atomic mass is 32.2. The van der Waals surface area contributed by atoms with E-state index in [1.54, 1.807) is 18.2 Å². The van der Waals surface area contributed by atoms with E-state index < -0.39 is 0 Å². The van der Waals surface area contributed by atoms with Crippen LogP contribution in [0.2, 0.25) is 0 Å². The Kier molecular flexibility index (Phi) is 5.25. The van der Waals surface area contributed by atoms with Crippen molar-refractivity contribution in [3.63, 3.8) is 0 Å². The Morgan fingerprint density at radius 2 is 2.14 bits per heavy atom. The molecule has 21 heavy (non-hydrogen) atoms. The van der Waals surface area contributed by atoms with E-state index in [-0.39, 0.29) is 17.9 Å². The van der Waals surface area contributed by atoms with E-state index in [0.717, 1.165) is 10.6 Å². The molecule has 0 radical (unpaired) electrons. The predicted octanol–water partition coefficient (Wildman–Crippen LogP) is 1.83. The van der Waals surface area contributed by atoms with E-state index in [2.05, 4.69) is 10.6 Å². The molecule has 114 valence electrons. The van der Waals surface area contributed by atoms with Gasteiger partial charge in [0, 0.05) is 30.0 Å². The number of nitrogens with one attached hydrogen (secondary N) is 2. The number of rotatable bonds is 6. The fraction of sp³-hybridized carbons (Fsp3) is 0.467. The molecule has 6 heteroatoms. The first-order valence-electron chi connectivity index (χ1n) is 7.00. The molecule has 1 aromatic carbocycles. The Bertz CT molecular complexity index is 544. The van der Waals surface area contributed by atoms with Crippen LogP contribution in [-0.4, -0.2) is 30.7 Å². The Morgan fingerprint density at radius 3 is 2.71 bits per heavy atom. The SMILES string of the molecule is CSc1cc(C(=O)NCC(N)C2CC2)ccc1NC(C)=O. The third-order valence-electron chi connectivity index (χ3n) is 3.50. The van der Waals surface area contributed by atoms with Gasteiger partial charge in [-0.25, -0.2) is 0 Å². The molecular formula is C15H21N3O2S. The Labute approximate surface area is 129 Å². The molecule has 0 saturated heterocycles. The molecule has 0 heterocycles. The number of hydrogen-bond donors (Lipinski definition) is 3. The molecule has 1 fully saturated rings. The fourth-order valence-corrected chi connectivity index (χ4v) is 2.71. The van der Waals surface area contributed by atoms with Crippen LogP contribution in [0.1, 0.15) is 30.1 Å². The van der Waals surface area contributed by atoms with Gasteiger partial charge in [-0.2, -0.15) is 0 Å². The van der Waals surface area contributed by atoms with Crippen molar-refractivity contribution in [2.45, 2.75) is 30.7 Å². The van der Waals surface area contributed by atoms with E-state index in [1.165, 1.54) is 31.5 Å². The number of anilines is 1. The van der Waals surface area contributed by atoms with Crippen LogP contribution in [0.5, 0.6) is 0 Å². The summed E-state index contributed by atoms with van der Waals surface area (Å²) in [6.07, 6.45) is 4.24. The van der Waals surface area contributed by atoms with Gasteiger partial charge in [0.15, 0.2) is 0 Å². The lowest BCUT2D eigenvalue weighted by atomic mass is 10.1. The van der Waals surface area contributed by atoms with E-state index in [0.29, 0.717) is 18.0 Å². The summed E-state index contributed by atoms with van der Waals surface area (Å²) >= 11 is 1.49. The molecule has 0 aromatic heterocycles. The monoisotopic (exact) mass is 307 g/mol. The van der Waals surface area contributed by atoms with Gasteiger partial charge in [-0.1, -0.05) is 0 Å². The zero-order valence-electron chi connectivity index (χ0n) is 12.3. The van der Waals surface area contributed by atoms with Crippen LogP contribution in [0.4, 0.5) is 5.69 Å². The van der Waals surface area contributed by atoms with Crippen LogP contribution in [0.25, 0.3) is 0 Å². The maximum absolute atomic E-state index is 12.1. The van der Waals surface area contributed by atoms with Gasteiger partial charge in [-0.05, 0) is 43.2 Å². The molecule has 0 aliphatic heterocycles. The molecule has 2 rings (SSSR count). The Morgan fingerprint density at radius 1 is 1.43 bits per heavy atom. The summed E-state index contributed by atoms with van der Waals surface area (Å²) < 4.78 is 0. The number of carbonyl (C=O) groups excluding carboxylic acids is 2. The zero-order valence-corrected chi connectivity index (χ0v) is 13.1. The van der Waals surface area contributed by atoms with Crippen molar-refractivity contribution in [3.8, 4) is 0 Å². The van der Waals surface area contributed by atoms with Crippen molar-refractivity contribution >= 4 is 29.3 Å². The average Bonchev–Trinajstić information content (AvgIpc) is 3.28. The van der Waals surface area contributed by atoms with E-state index >= 15 is 0 Å². The number of amides is 2. The lowest BCUT2D eigenvalue weighted by Gasteiger charge is -2.13. The van der Waals surface area contributed by atoms with Crippen molar-refractivity contribution in [1.29, 1.82) is 0 Å². The van der Waals surface area contributed by atoms with Crippen molar-refractivity contribution in [2.75, 3.05) is 18.1 Å². The Balaban J connectivity index is 2.01. The molecule has 1 atom stereocenters. The second kappa shape index (κ2) is 6.95. The van der Waals surface area contributed by atoms with Crippen molar-refractivity contribution in [2.24, 2.45) is 11.7 Å². The normalized spacial score (nSPS) is 15.4. The highest BCUT2D eigenvalue weighted by Crippen LogP contribution is 2.31. The third kappa shape index (κ3) is 4.47. The molecule has 1 aromatic rings. The molecule has 2 amide bonds. The third-order valence-corrected chi connectivity index (χ3v) is 4.28. The van der Waals surface area contributed by atoms with Gasteiger partial charge in [-0.15, -0.1) is 11.8 Å².